The fraction of sp³-hybridized carbons (Fsp3) is 0.417. The lowest BCUT2D eigenvalue weighted by Gasteiger charge is -2.24. The van der Waals surface area contributed by atoms with Crippen molar-refractivity contribution >= 4 is 17.4 Å². The van der Waals surface area contributed by atoms with E-state index in [2.05, 4.69) is 0 Å². The minimum atomic E-state index is -0.759. The van der Waals surface area contributed by atoms with Crippen molar-refractivity contribution in [3.8, 4) is 0 Å². The Hall–Kier alpha value is -0.860. The van der Waals surface area contributed by atoms with Crippen molar-refractivity contribution in [2.75, 3.05) is 7.11 Å². The topological polar surface area (TPSA) is 26.3 Å². The molecule has 1 aromatic carbocycles. The Labute approximate surface area is 95.2 Å². The summed E-state index contributed by atoms with van der Waals surface area (Å²) in [6.45, 7) is 3.71. The number of carbonyl (C=O) groups is 1. The monoisotopic (exact) mass is 226 g/mol. The molecule has 0 saturated heterocycles. The van der Waals surface area contributed by atoms with Crippen molar-refractivity contribution in [1.29, 1.82) is 0 Å². The zero-order valence-corrected chi connectivity index (χ0v) is 9.97. The van der Waals surface area contributed by atoms with Crippen LogP contribution in [0.1, 0.15) is 30.6 Å². The summed E-state index contributed by atoms with van der Waals surface area (Å²) in [6, 6.07) is 6.92. The Morgan fingerprint density at radius 1 is 1.53 bits per heavy atom. The number of methoxy groups -OCH3 is 1. The molecule has 0 N–H and O–H groups in total. The second-order valence-corrected chi connectivity index (χ2v) is 4.06. The number of hydrogen-bond acceptors (Lipinski definition) is 2. The van der Waals surface area contributed by atoms with Gasteiger partial charge in [0.2, 0.25) is 0 Å². The molecular formula is C12H15ClO2. The predicted octanol–water partition coefficient (Wildman–Crippen LogP) is 3.34. The van der Waals surface area contributed by atoms with E-state index in [4.69, 9.17) is 16.3 Å². The van der Waals surface area contributed by atoms with Crippen LogP contribution in [0.15, 0.2) is 24.3 Å². The first-order chi connectivity index (χ1) is 7.03. The van der Waals surface area contributed by atoms with Gasteiger partial charge in [-0.2, -0.15) is 0 Å². The molecule has 0 bridgehead atoms. The van der Waals surface area contributed by atoms with Crippen LogP contribution in [-0.4, -0.2) is 18.5 Å². The Kier molecular flexibility index (Phi) is 3.89. The summed E-state index contributed by atoms with van der Waals surface area (Å²) in [4.78, 5) is 12.1. The molecule has 0 aromatic heterocycles. The first-order valence-corrected chi connectivity index (χ1v) is 5.27. The highest BCUT2D eigenvalue weighted by molar-refractivity contribution is 6.31. The van der Waals surface area contributed by atoms with Gasteiger partial charge in [0.25, 0.3) is 0 Å². The fourth-order valence-corrected chi connectivity index (χ4v) is 1.52. The van der Waals surface area contributed by atoms with Crippen LogP contribution in [0.5, 0.6) is 0 Å². The van der Waals surface area contributed by atoms with Gasteiger partial charge in [0.15, 0.2) is 5.78 Å². The van der Waals surface area contributed by atoms with Crippen molar-refractivity contribution < 1.29 is 9.53 Å². The minimum absolute atomic E-state index is 0.0324. The van der Waals surface area contributed by atoms with Crippen LogP contribution in [0.25, 0.3) is 0 Å². The van der Waals surface area contributed by atoms with Crippen molar-refractivity contribution in [2.45, 2.75) is 25.9 Å². The second-order valence-electron chi connectivity index (χ2n) is 3.63. The van der Waals surface area contributed by atoms with Crippen molar-refractivity contribution in [3.05, 3.63) is 34.9 Å². The maximum Gasteiger partial charge on any atom is 0.194 e. The predicted molar refractivity (Wildman–Crippen MR) is 61.5 cm³/mol. The lowest BCUT2D eigenvalue weighted by atomic mass is 9.92. The van der Waals surface area contributed by atoms with Gasteiger partial charge in [-0.3, -0.25) is 4.79 Å². The first-order valence-electron chi connectivity index (χ1n) is 4.89. The number of ether oxygens (including phenoxy) is 1. The van der Waals surface area contributed by atoms with Crippen LogP contribution in [-0.2, 0) is 4.74 Å². The third-order valence-electron chi connectivity index (χ3n) is 2.69. The van der Waals surface area contributed by atoms with E-state index < -0.39 is 5.60 Å². The van der Waals surface area contributed by atoms with Crippen LogP contribution in [0.3, 0.4) is 0 Å². The Balaban J connectivity index is 3.03. The van der Waals surface area contributed by atoms with E-state index in [1.165, 1.54) is 0 Å². The summed E-state index contributed by atoms with van der Waals surface area (Å²) < 4.78 is 5.25. The zero-order valence-electron chi connectivity index (χ0n) is 9.21. The van der Waals surface area contributed by atoms with Gasteiger partial charge in [-0.25, -0.2) is 0 Å². The number of ketones is 1. The SMILES string of the molecule is CCC(C)(OC)C(=O)c1cccc(Cl)c1. The first kappa shape index (κ1) is 12.2. The molecule has 1 atom stereocenters. The fourth-order valence-electron chi connectivity index (χ4n) is 1.33. The van der Waals surface area contributed by atoms with Gasteiger partial charge in [-0.1, -0.05) is 30.7 Å². The molecule has 0 spiro atoms. The molecule has 0 aliphatic rings. The standard InChI is InChI=1S/C12H15ClO2/c1-4-12(2,15-3)11(14)9-6-5-7-10(13)8-9/h5-8H,4H2,1-3H3. The van der Waals surface area contributed by atoms with Crippen LogP contribution in [0.2, 0.25) is 5.02 Å². The molecule has 1 unspecified atom stereocenters. The van der Waals surface area contributed by atoms with Gasteiger partial charge in [0.05, 0.1) is 0 Å². The van der Waals surface area contributed by atoms with Crippen LogP contribution >= 0.6 is 11.6 Å². The summed E-state index contributed by atoms with van der Waals surface area (Å²) >= 11 is 5.83. The average Bonchev–Trinajstić information content (AvgIpc) is 2.27. The van der Waals surface area contributed by atoms with Gasteiger partial charge in [0.1, 0.15) is 5.60 Å². The number of hydrogen-bond donors (Lipinski definition) is 0. The van der Waals surface area contributed by atoms with Crippen molar-refractivity contribution in [1.82, 2.24) is 0 Å². The highest BCUT2D eigenvalue weighted by Crippen LogP contribution is 2.22. The highest BCUT2D eigenvalue weighted by Gasteiger charge is 2.31. The lowest BCUT2D eigenvalue weighted by molar-refractivity contribution is 0.0106. The Morgan fingerprint density at radius 2 is 2.20 bits per heavy atom. The Morgan fingerprint density at radius 3 is 2.67 bits per heavy atom. The van der Waals surface area contributed by atoms with E-state index in [9.17, 15) is 4.79 Å². The van der Waals surface area contributed by atoms with E-state index in [-0.39, 0.29) is 5.78 Å². The molecule has 15 heavy (non-hydrogen) atoms. The van der Waals surface area contributed by atoms with E-state index >= 15 is 0 Å². The molecule has 3 heteroatoms. The maximum absolute atomic E-state index is 12.1. The molecule has 2 nitrogen and oxygen atoms in total. The van der Waals surface area contributed by atoms with E-state index in [0.717, 1.165) is 0 Å². The van der Waals surface area contributed by atoms with Crippen LogP contribution in [0, 0.1) is 0 Å². The highest BCUT2D eigenvalue weighted by atomic mass is 35.5. The van der Waals surface area contributed by atoms with Gasteiger partial charge < -0.3 is 4.74 Å². The quantitative estimate of drug-likeness (QED) is 0.736. The van der Waals surface area contributed by atoms with E-state index in [1.54, 1.807) is 38.3 Å². The van der Waals surface area contributed by atoms with Gasteiger partial charge in [0, 0.05) is 17.7 Å². The van der Waals surface area contributed by atoms with Gasteiger partial charge in [-0.15, -0.1) is 0 Å². The summed E-state index contributed by atoms with van der Waals surface area (Å²) in [5.41, 5.74) is -0.168. The normalized spacial score (nSPS) is 14.7. The molecule has 1 rings (SSSR count). The molecule has 0 amide bonds. The zero-order chi connectivity index (χ0) is 11.5. The molecule has 0 aliphatic carbocycles. The molecule has 0 heterocycles. The van der Waals surface area contributed by atoms with Crippen LogP contribution < -0.4 is 0 Å². The van der Waals surface area contributed by atoms with Crippen LogP contribution in [0.4, 0.5) is 0 Å². The van der Waals surface area contributed by atoms with Gasteiger partial charge >= 0.3 is 0 Å². The third-order valence-corrected chi connectivity index (χ3v) is 2.93. The lowest BCUT2D eigenvalue weighted by Crippen LogP contribution is -2.36. The number of rotatable bonds is 4. The number of benzene rings is 1. The Bertz CT molecular complexity index is 356. The molecule has 0 radical (unpaired) electrons. The molecule has 0 fully saturated rings. The van der Waals surface area contributed by atoms with Gasteiger partial charge in [-0.05, 0) is 25.5 Å². The number of Topliss-reactive ketones (excluding diaryl/α,β-unsaturated/α-hetero) is 1. The molecular weight excluding hydrogens is 212 g/mol. The number of carbonyl (C=O) groups excluding carboxylic acids is 1. The maximum atomic E-state index is 12.1. The minimum Gasteiger partial charge on any atom is -0.370 e. The van der Waals surface area contributed by atoms with E-state index in [1.807, 2.05) is 6.92 Å². The van der Waals surface area contributed by atoms with Crippen molar-refractivity contribution in [3.63, 3.8) is 0 Å². The largest absolute Gasteiger partial charge is 0.370 e. The summed E-state index contributed by atoms with van der Waals surface area (Å²) in [5, 5.41) is 0.565. The third kappa shape index (κ3) is 2.58. The smallest absolute Gasteiger partial charge is 0.194 e. The van der Waals surface area contributed by atoms with Crippen molar-refractivity contribution in [2.24, 2.45) is 0 Å². The second kappa shape index (κ2) is 4.77. The molecule has 0 aliphatic heterocycles. The number of halogens is 1. The average molecular weight is 227 g/mol. The molecule has 0 saturated carbocycles. The molecule has 1 aromatic rings. The summed E-state index contributed by atoms with van der Waals surface area (Å²) in [5.74, 6) is -0.0324. The summed E-state index contributed by atoms with van der Waals surface area (Å²) in [7, 11) is 1.55. The summed E-state index contributed by atoms with van der Waals surface area (Å²) in [6.07, 6.45) is 0.634. The molecule has 82 valence electrons. The van der Waals surface area contributed by atoms with E-state index in [0.29, 0.717) is 17.0 Å².